The van der Waals surface area contributed by atoms with Gasteiger partial charge in [0.1, 0.15) is 11.6 Å². The molecule has 1 aromatic carbocycles. The second-order valence-corrected chi connectivity index (χ2v) is 5.53. The van der Waals surface area contributed by atoms with Gasteiger partial charge in [0.05, 0.1) is 5.69 Å². The normalized spacial score (nSPS) is 10.7. The quantitative estimate of drug-likeness (QED) is 0.671. The summed E-state index contributed by atoms with van der Waals surface area (Å²) in [6.07, 6.45) is 2.81. The molecular formula is C16H13F2NO3S. The van der Waals surface area contributed by atoms with Crippen molar-refractivity contribution in [2.75, 3.05) is 11.9 Å². The summed E-state index contributed by atoms with van der Waals surface area (Å²) in [6, 6.07) is 4.66. The van der Waals surface area contributed by atoms with Gasteiger partial charge in [-0.15, -0.1) is 11.3 Å². The number of nitrogens with one attached hydrogen (secondary N) is 1. The maximum Gasteiger partial charge on any atom is 0.331 e. The largest absolute Gasteiger partial charge is 0.452 e. The van der Waals surface area contributed by atoms with Crippen molar-refractivity contribution in [3.05, 3.63) is 57.8 Å². The molecule has 0 aliphatic heterocycles. The number of benzene rings is 1. The zero-order chi connectivity index (χ0) is 16.8. The van der Waals surface area contributed by atoms with E-state index in [1.807, 2.05) is 18.4 Å². The van der Waals surface area contributed by atoms with Gasteiger partial charge in [-0.25, -0.2) is 13.6 Å². The number of amides is 1. The van der Waals surface area contributed by atoms with E-state index in [0.717, 1.165) is 22.6 Å². The van der Waals surface area contributed by atoms with Crippen LogP contribution in [-0.4, -0.2) is 18.5 Å². The fraction of sp³-hybridized carbons (Fsp3) is 0.125. The molecule has 1 aromatic heterocycles. The zero-order valence-electron chi connectivity index (χ0n) is 12.1. The highest BCUT2D eigenvalue weighted by molar-refractivity contribution is 7.11. The first-order chi connectivity index (χ1) is 11.0. The van der Waals surface area contributed by atoms with E-state index in [4.69, 9.17) is 4.74 Å². The van der Waals surface area contributed by atoms with Gasteiger partial charge in [-0.2, -0.15) is 0 Å². The molecule has 2 aromatic rings. The van der Waals surface area contributed by atoms with Gasteiger partial charge in [0, 0.05) is 17.0 Å². The lowest BCUT2D eigenvalue weighted by atomic mass is 10.3. The van der Waals surface area contributed by atoms with Crippen LogP contribution in [0.3, 0.4) is 0 Å². The van der Waals surface area contributed by atoms with Crippen LogP contribution in [0.2, 0.25) is 0 Å². The number of thiophene rings is 1. The third-order valence-electron chi connectivity index (χ3n) is 2.82. The monoisotopic (exact) mass is 337 g/mol. The van der Waals surface area contributed by atoms with Crippen LogP contribution in [0.15, 0.2) is 35.7 Å². The van der Waals surface area contributed by atoms with Crippen molar-refractivity contribution in [2.24, 2.45) is 0 Å². The number of hydrogen-bond acceptors (Lipinski definition) is 4. The lowest BCUT2D eigenvalue weighted by Crippen LogP contribution is -2.20. The predicted molar refractivity (Wildman–Crippen MR) is 84.0 cm³/mol. The predicted octanol–water partition coefficient (Wildman–Crippen LogP) is 3.53. The Morgan fingerprint density at radius 1 is 1.30 bits per heavy atom. The molecule has 0 fully saturated rings. The van der Waals surface area contributed by atoms with Crippen LogP contribution in [-0.2, 0) is 14.3 Å². The number of carbonyl (C=O) groups excluding carboxylic acids is 2. The first-order valence-corrected chi connectivity index (χ1v) is 7.47. The molecule has 1 N–H and O–H groups in total. The van der Waals surface area contributed by atoms with Gasteiger partial charge >= 0.3 is 5.97 Å². The Balaban J connectivity index is 1.83. The van der Waals surface area contributed by atoms with Crippen LogP contribution in [0, 0.1) is 18.6 Å². The van der Waals surface area contributed by atoms with E-state index >= 15 is 0 Å². The Morgan fingerprint density at radius 2 is 2.09 bits per heavy atom. The van der Waals surface area contributed by atoms with Crippen LogP contribution < -0.4 is 5.32 Å². The van der Waals surface area contributed by atoms with Crippen LogP contribution in [0.5, 0.6) is 0 Å². The molecule has 7 heteroatoms. The van der Waals surface area contributed by atoms with Crippen LogP contribution in [0.4, 0.5) is 14.5 Å². The fourth-order valence-corrected chi connectivity index (χ4v) is 2.48. The number of ether oxygens (including phenoxy) is 1. The van der Waals surface area contributed by atoms with Gasteiger partial charge in [0.25, 0.3) is 5.91 Å². The molecule has 1 amide bonds. The summed E-state index contributed by atoms with van der Waals surface area (Å²) in [5.41, 5.74) is 0.848. The van der Waals surface area contributed by atoms with E-state index in [-0.39, 0.29) is 5.69 Å². The molecule has 0 saturated heterocycles. The smallest absolute Gasteiger partial charge is 0.331 e. The lowest BCUT2D eigenvalue weighted by molar-refractivity contribution is -0.142. The van der Waals surface area contributed by atoms with Crippen molar-refractivity contribution in [3.63, 3.8) is 0 Å². The van der Waals surface area contributed by atoms with E-state index < -0.39 is 30.1 Å². The van der Waals surface area contributed by atoms with Crippen LogP contribution in [0.25, 0.3) is 6.08 Å². The molecule has 0 unspecified atom stereocenters. The zero-order valence-corrected chi connectivity index (χ0v) is 13.0. The molecule has 120 valence electrons. The van der Waals surface area contributed by atoms with Gasteiger partial charge in [0.2, 0.25) is 0 Å². The van der Waals surface area contributed by atoms with E-state index in [2.05, 4.69) is 5.32 Å². The van der Waals surface area contributed by atoms with Gasteiger partial charge in [-0.05, 0) is 42.1 Å². The first kappa shape index (κ1) is 16.8. The summed E-state index contributed by atoms with van der Waals surface area (Å²) >= 11 is 1.47. The molecule has 0 aliphatic carbocycles. The molecule has 2 rings (SSSR count). The standard InChI is InChI=1S/C16H13F2NO3S/c1-10-6-7-23-14(10)4-5-16(21)22-9-15(20)19-13-3-2-11(17)8-12(13)18/h2-8H,9H2,1H3,(H,19,20)/b5-4+. The van der Waals surface area contributed by atoms with E-state index in [0.29, 0.717) is 6.07 Å². The maximum absolute atomic E-state index is 13.4. The van der Waals surface area contributed by atoms with E-state index in [1.54, 1.807) is 6.08 Å². The number of carbonyl (C=O) groups is 2. The highest BCUT2D eigenvalue weighted by Crippen LogP contribution is 2.17. The summed E-state index contributed by atoms with van der Waals surface area (Å²) in [5, 5.41) is 4.09. The van der Waals surface area contributed by atoms with Gasteiger partial charge in [-0.1, -0.05) is 0 Å². The van der Waals surface area contributed by atoms with Crippen molar-refractivity contribution in [2.45, 2.75) is 6.92 Å². The molecule has 0 bridgehead atoms. The highest BCUT2D eigenvalue weighted by Gasteiger charge is 2.09. The number of hydrogen-bond donors (Lipinski definition) is 1. The molecule has 0 spiro atoms. The van der Waals surface area contributed by atoms with Crippen molar-refractivity contribution in [1.29, 1.82) is 0 Å². The molecule has 0 atom stereocenters. The minimum absolute atomic E-state index is 0.183. The van der Waals surface area contributed by atoms with Crippen molar-refractivity contribution in [1.82, 2.24) is 0 Å². The molecule has 0 saturated carbocycles. The van der Waals surface area contributed by atoms with Crippen molar-refractivity contribution >= 4 is 35.0 Å². The average Bonchev–Trinajstić information content (AvgIpc) is 2.91. The summed E-state index contributed by atoms with van der Waals surface area (Å²) in [4.78, 5) is 24.0. The van der Waals surface area contributed by atoms with Crippen molar-refractivity contribution in [3.8, 4) is 0 Å². The third kappa shape index (κ3) is 5.00. The van der Waals surface area contributed by atoms with Crippen molar-refractivity contribution < 1.29 is 23.1 Å². The molecule has 0 radical (unpaired) electrons. The minimum atomic E-state index is -0.905. The first-order valence-electron chi connectivity index (χ1n) is 6.59. The highest BCUT2D eigenvalue weighted by atomic mass is 32.1. The summed E-state index contributed by atoms with van der Waals surface area (Å²) in [5.74, 6) is -3.06. The van der Waals surface area contributed by atoms with Gasteiger partial charge < -0.3 is 10.1 Å². The SMILES string of the molecule is Cc1ccsc1/C=C/C(=O)OCC(=O)Nc1ccc(F)cc1F. The Labute approximate surface area is 135 Å². The number of halogens is 2. The Kier molecular flexibility index (Phi) is 5.59. The second kappa shape index (κ2) is 7.64. The van der Waals surface area contributed by atoms with E-state index in [9.17, 15) is 18.4 Å². The number of anilines is 1. The second-order valence-electron chi connectivity index (χ2n) is 4.58. The summed E-state index contributed by atoms with van der Waals surface area (Å²) < 4.78 is 30.8. The van der Waals surface area contributed by atoms with Crippen LogP contribution >= 0.6 is 11.3 Å². The summed E-state index contributed by atoms with van der Waals surface area (Å²) in [6.45, 7) is 1.34. The molecule has 4 nitrogen and oxygen atoms in total. The average molecular weight is 337 g/mol. The van der Waals surface area contributed by atoms with E-state index in [1.165, 1.54) is 17.4 Å². The fourth-order valence-electron chi connectivity index (χ4n) is 1.66. The Bertz CT molecular complexity index is 756. The Hall–Kier alpha value is -2.54. The molecule has 1 heterocycles. The number of aryl methyl sites for hydroxylation is 1. The van der Waals surface area contributed by atoms with Gasteiger partial charge in [0.15, 0.2) is 6.61 Å². The Morgan fingerprint density at radius 3 is 2.74 bits per heavy atom. The minimum Gasteiger partial charge on any atom is -0.452 e. The third-order valence-corrected chi connectivity index (χ3v) is 3.81. The topological polar surface area (TPSA) is 55.4 Å². The molecular weight excluding hydrogens is 324 g/mol. The van der Waals surface area contributed by atoms with Crippen LogP contribution in [0.1, 0.15) is 10.4 Å². The number of esters is 1. The van der Waals surface area contributed by atoms with Gasteiger partial charge in [-0.3, -0.25) is 4.79 Å². The summed E-state index contributed by atoms with van der Waals surface area (Å²) in [7, 11) is 0. The molecule has 23 heavy (non-hydrogen) atoms. The number of rotatable bonds is 5. The molecule has 0 aliphatic rings. The lowest BCUT2D eigenvalue weighted by Gasteiger charge is -2.06. The maximum atomic E-state index is 13.4.